The van der Waals surface area contributed by atoms with Crippen molar-refractivity contribution in [2.45, 2.75) is 6.18 Å². The molecule has 16 heavy (non-hydrogen) atoms. The Morgan fingerprint density at radius 3 is 2.19 bits per heavy atom. The molecule has 0 saturated carbocycles. The van der Waals surface area contributed by atoms with E-state index in [0.717, 1.165) is 0 Å². The quantitative estimate of drug-likeness (QED) is 0.514. The Balaban J connectivity index is 2.92. The molecule has 0 unspecified atom stereocenters. The summed E-state index contributed by atoms with van der Waals surface area (Å²) in [4.78, 5) is 11.3. The summed E-state index contributed by atoms with van der Waals surface area (Å²) >= 11 is 3.12. The maximum absolute atomic E-state index is 11.9. The molecule has 0 aliphatic rings. The molecule has 0 spiro atoms. The predicted molar refractivity (Wildman–Crippen MR) is 55.2 cm³/mol. The van der Waals surface area contributed by atoms with Crippen molar-refractivity contribution in [2.24, 2.45) is 0 Å². The smallest absolute Gasteiger partial charge is 0.448 e. The molecule has 0 aromatic heterocycles. The van der Waals surface area contributed by atoms with E-state index in [-0.39, 0.29) is 11.6 Å². The first-order chi connectivity index (χ1) is 7.30. The number of ketones is 1. The topological polar surface area (TPSA) is 37.3 Å². The fourth-order valence-electron chi connectivity index (χ4n) is 0.903. The van der Waals surface area contributed by atoms with E-state index in [0.29, 0.717) is 4.47 Å². The molecule has 1 aromatic rings. The van der Waals surface area contributed by atoms with Crippen molar-refractivity contribution in [3.8, 4) is 0 Å². The van der Waals surface area contributed by atoms with Gasteiger partial charge >= 0.3 is 6.18 Å². The highest BCUT2D eigenvalue weighted by Crippen LogP contribution is 2.23. The second-order valence-corrected chi connectivity index (χ2v) is 3.81. The summed E-state index contributed by atoms with van der Waals surface area (Å²) < 4.78 is 36.4. The minimum Gasteiger partial charge on any atom is -0.504 e. The Morgan fingerprint density at radius 1 is 1.25 bits per heavy atom. The zero-order valence-electron chi connectivity index (χ0n) is 7.75. The highest BCUT2D eigenvalue weighted by Gasteiger charge is 2.34. The van der Waals surface area contributed by atoms with E-state index in [1.165, 1.54) is 24.3 Å². The molecule has 0 atom stereocenters. The van der Waals surface area contributed by atoms with Crippen LogP contribution in [0.15, 0.2) is 40.6 Å². The number of hydrogen-bond acceptors (Lipinski definition) is 2. The number of rotatable bonds is 2. The van der Waals surface area contributed by atoms with Gasteiger partial charge in [-0.25, -0.2) is 0 Å². The largest absolute Gasteiger partial charge is 0.504 e. The summed E-state index contributed by atoms with van der Waals surface area (Å²) in [5.41, 5.74) is 0.0685. The number of aliphatic hydroxyl groups excluding tert-OH is 1. The van der Waals surface area contributed by atoms with E-state index >= 15 is 0 Å². The van der Waals surface area contributed by atoms with Crippen LogP contribution in [0, 0.1) is 0 Å². The van der Waals surface area contributed by atoms with Gasteiger partial charge in [-0.1, -0.05) is 15.9 Å². The van der Waals surface area contributed by atoms with Crippen molar-refractivity contribution in [1.82, 2.24) is 0 Å². The summed E-state index contributed by atoms with van der Waals surface area (Å²) in [6.45, 7) is 0. The third-order valence-corrected chi connectivity index (χ3v) is 2.22. The Kier molecular flexibility index (Phi) is 3.74. The van der Waals surface area contributed by atoms with Crippen molar-refractivity contribution >= 4 is 21.7 Å². The first kappa shape index (κ1) is 12.8. The molecule has 0 amide bonds. The van der Waals surface area contributed by atoms with Gasteiger partial charge in [0.15, 0.2) is 5.78 Å². The van der Waals surface area contributed by atoms with E-state index in [9.17, 15) is 18.0 Å². The van der Waals surface area contributed by atoms with Crippen molar-refractivity contribution < 1.29 is 23.1 Å². The van der Waals surface area contributed by atoms with E-state index in [2.05, 4.69) is 15.9 Å². The number of carbonyl (C=O) groups excluding carboxylic acids is 1. The standard InChI is InChI=1S/C10H6BrF3O2/c11-7-3-1-6(2-4-7)8(15)5-9(16)10(12,13)14/h1-5,16H. The lowest BCUT2D eigenvalue weighted by atomic mass is 10.1. The van der Waals surface area contributed by atoms with Crippen LogP contribution < -0.4 is 0 Å². The lowest BCUT2D eigenvalue weighted by molar-refractivity contribution is -0.120. The van der Waals surface area contributed by atoms with Gasteiger partial charge in [0.1, 0.15) is 0 Å². The van der Waals surface area contributed by atoms with Crippen molar-refractivity contribution in [2.75, 3.05) is 0 Å². The fraction of sp³-hybridized carbons (Fsp3) is 0.100. The van der Waals surface area contributed by atoms with Gasteiger partial charge in [0.05, 0.1) is 0 Å². The van der Waals surface area contributed by atoms with E-state index < -0.39 is 17.7 Å². The zero-order chi connectivity index (χ0) is 12.3. The van der Waals surface area contributed by atoms with Crippen LogP contribution in [0.5, 0.6) is 0 Å². The molecule has 2 nitrogen and oxygen atoms in total. The number of aliphatic hydroxyl groups is 1. The maximum atomic E-state index is 11.9. The molecule has 0 aliphatic carbocycles. The first-order valence-electron chi connectivity index (χ1n) is 4.08. The Labute approximate surface area is 97.5 Å². The Bertz CT molecular complexity index is 421. The van der Waals surface area contributed by atoms with E-state index in [1.807, 2.05) is 0 Å². The van der Waals surface area contributed by atoms with Gasteiger partial charge in [-0.3, -0.25) is 4.79 Å². The van der Waals surface area contributed by atoms with Gasteiger partial charge in [0.25, 0.3) is 0 Å². The second-order valence-electron chi connectivity index (χ2n) is 2.90. The Morgan fingerprint density at radius 2 is 1.75 bits per heavy atom. The highest BCUT2D eigenvalue weighted by atomic mass is 79.9. The van der Waals surface area contributed by atoms with Crippen molar-refractivity contribution in [3.63, 3.8) is 0 Å². The van der Waals surface area contributed by atoms with Gasteiger partial charge < -0.3 is 5.11 Å². The van der Waals surface area contributed by atoms with Crippen LogP contribution in [-0.2, 0) is 0 Å². The van der Waals surface area contributed by atoms with Crippen LogP contribution in [-0.4, -0.2) is 17.1 Å². The minimum atomic E-state index is -4.90. The number of halogens is 4. The number of carbonyl (C=O) groups is 1. The van der Waals surface area contributed by atoms with Gasteiger partial charge in [-0.05, 0) is 24.3 Å². The molecule has 0 radical (unpaired) electrons. The Hall–Kier alpha value is -1.30. The molecule has 0 saturated heterocycles. The summed E-state index contributed by atoms with van der Waals surface area (Å²) in [5.74, 6) is -2.80. The molecular weight excluding hydrogens is 289 g/mol. The number of alkyl halides is 3. The minimum absolute atomic E-state index is 0.0685. The summed E-state index contributed by atoms with van der Waals surface area (Å²) in [6, 6.07) is 5.75. The highest BCUT2D eigenvalue weighted by molar-refractivity contribution is 9.10. The van der Waals surface area contributed by atoms with Crippen LogP contribution in [0.2, 0.25) is 0 Å². The molecule has 1 rings (SSSR count). The van der Waals surface area contributed by atoms with E-state index in [4.69, 9.17) is 5.11 Å². The maximum Gasteiger partial charge on any atom is 0.448 e. The van der Waals surface area contributed by atoms with Gasteiger partial charge in [0.2, 0.25) is 5.76 Å². The third kappa shape index (κ3) is 3.37. The van der Waals surface area contributed by atoms with Crippen molar-refractivity contribution in [1.29, 1.82) is 0 Å². The van der Waals surface area contributed by atoms with Crippen LogP contribution in [0.4, 0.5) is 13.2 Å². The molecule has 0 heterocycles. The SMILES string of the molecule is O=C(C=C(O)C(F)(F)F)c1ccc(Br)cc1. The van der Waals surface area contributed by atoms with Gasteiger partial charge in [-0.15, -0.1) is 0 Å². The number of benzene rings is 1. The second kappa shape index (κ2) is 4.69. The summed E-state index contributed by atoms with van der Waals surface area (Å²) in [6.07, 6.45) is -4.74. The number of hydrogen-bond donors (Lipinski definition) is 1. The lowest BCUT2D eigenvalue weighted by Gasteiger charge is -2.04. The number of allylic oxidation sites excluding steroid dienone is 2. The first-order valence-corrected chi connectivity index (χ1v) is 4.88. The molecule has 6 heteroatoms. The average molecular weight is 295 g/mol. The summed E-state index contributed by atoms with van der Waals surface area (Å²) in [7, 11) is 0. The monoisotopic (exact) mass is 294 g/mol. The van der Waals surface area contributed by atoms with E-state index in [1.54, 1.807) is 0 Å². The molecule has 1 aromatic carbocycles. The average Bonchev–Trinajstić information content (AvgIpc) is 2.17. The summed E-state index contributed by atoms with van der Waals surface area (Å²) in [5, 5.41) is 8.58. The van der Waals surface area contributed by atoms with Crippen LogP contribution in [0.25, 0.3) is 0 Å². The molecular formula is C10H6BrF3O2. The zero-order valence-corrected chi connectivity index (χ0v) is 9.34. The normalized spacial score (nSPS) is 12.6. The van der Waals surface area contributed by atoms with Gasteiger partial charge in [0, 0.05) is 16.1 Å². The third-order valence-electron chi connectivity index (χ3n) is 1.69. The molecule has 86 valence electrons. The molecule has 0 aliphatic heterocycles. The van der Waals surface area contributed by atoms with Crippen molar-refractivity contribution in [3.05, 3.63) is 46.1 Å². The fourth-order valence-corrected chi connectivity index (χ4v) is 1.17. The molecule has 0 bridgehead atoms. The molecule has 0 fully saturated rings. The van der Waals surface area contributed by atoms with Crippen LogP contribution in [0.3, 0.4) is 0 Å². The van der Waals surface area contributed by atoms with Gasteiger partial charge in [-0.2, -0.15) is 13.2 Å². The predicted octanol–water partition coefficient (Wildman–Crippen LogP) is 3.64. The molecule has 1 N–H and O–H groups in total. The lowest BCUT2D eigenvalue weighted by Crippen LogP contribution is -2.13. The van der Waals surface area contributed by atoms with Crippen LogP contribution >= 0.6 is 15.9 Å². The van der Waals surface area contributed by atoms with Crippen LogP contribution in [0.1, 0.15) is 10.4 Å².